The standard InChI is InChI=1S/C24H23N3O3/c28-23(18-26-21-13-7-8-14-22(21)30-16-15-24(26)29)25-27(20-11-5-2-6-12-20)17-19-9-3-1-4-10-19/h1-14H,15-18H2,(H,25,28). The van der Waals surface area contributed by atoms with Crippen LogP contribution in [0, 0.1) is 0 Å². The third-order valence-electron chi connectivity index (χ3n) is 4.84. The SMILES string of the molecule is O=C(CN1C(=O)CCOc2ccccc21)NN(Cc1ccccc1)c1ccccc1. The van der Waals surface area contributed by atoms with Crippen molar-refractivity contribution < 1.29 is 14.3 Å². The summed E-state index contributed by atoms with van der Waals surface area (Å²) < 4.78 is 5.66. The summed E-state index contributed by atoms with van der Waals surface area (Å²) in [5.74, 6) is 0.199. The van der Waals surface area contributed by atoms with Crippen LogP contribution < -0.4 is 20.1 Å². The molecule has 0 aromatic heterocycles. The Morgan fingerprint density at radius 1 is 0.933 bits per heavy atom. The van der Waals surface area contributed by atoms with Crippen molar-refractivity contribution >= 4 is 23.2 Å². The molecule has 1 aliphatic heterocycles. The zero-order valence-corrected chi connectivity index (χ0v) is 16.5. The highest BCUT2D eigenvalue weighted by atomic mass is 16.5. The number of benzene rings is 3. The van der Waals surface area contributed by atoms with Crippen LogP contribution in [0.5, 0.6) is 5.75 Å². The first-order valence-corrected chi connectivity index (χ1v) is 9.89. The number of amides is 2. The largest absolute Gasteiger partial charge is 0.491 e. The molecule has 0 bridgehead atoms. The Morgan fingerprint density at radius 3 is 2.37 bits per heavy atom. The number of nitrogens with one attached hydrogen (secondary N) is 1. The summed E-state index contributed by atoms with van der Waals surface area (Å²) in [6.45, 7) is 0.722. The molecule has 30 heavy (non-hydrogen) atoms. The number of para-hydroxylation sites is 3. The van der Waals surface area contributed by atoms with Crippen LogP contribution in [0.1, 0.15) is 12.0 Å². The Kier molecular flexibility index (Phi) is 5.94. The van der Waals surface area contributed by atoms with Gasteiger partial charge in [-0.2, -0.15) is 0 Å². The molecule has 3 aromatic carbocycles. The van der Waals surface area contributed by atoms with E-state index in [1.807, 2.05) is 78.9 Å². The molecule has 0 aliphatic carbocycles. The Balaban J connectivity index is 1.53. The Morgan fingerprint density at radius 2 is 1.60 bits per heavy atom. The second-order valence-electron chi connectivity index (χ2n) is 6.99. The predicted molar refractivity (Wildman–Crippen MR) is 116 cm³/mol. The molecule has 0 saturated heterocycles. The first kappa shape index (κ1) is 19.5. The van der Waals surface area contributed by atoms with Gasteiger partial charge in [0, 0.05) is 0 Å². The van der Waals surface area contributed by atoms with Crippen LogP contribution in [-0.2, 0) is 16.1 Å². The quantitative estimate of drug-likeness (QED) is 0.642. The summed E-state index contributed by atoms with van der Waals surface area (Å²) in [6, 6.07) is 26.8. The second-order valence-corrected chi connectivity index (χ2v) is 6.99. The summed E-state index contributed by atoms with van der Waals surface area (Å²) in [5, 5.41) is 1.79. The number of hydrazine groups is 1. The minimum absolute atomic E-state index is 0.0860. The lowest BCUT2D eigenvalue weighted by molar-refractivity contribution is -0.124. The summed E-state index contributed by atoms with van der Waals surface area (Å²) in [4.78, 5) is 27.1. The van der Waals surface area contributed by atoms with Crippen LogP contribution in [0.2, 0.25) is 0 Å². The van der Waals surface area contributed by atoms with E-state index >= 15 is 0 Å². The Hall–Kier alpha value is -3.80. The highest BCUT2D eigenvalue weighted by Crippen LogP contribution is 2.30. The van der Waals surface area contributed by atoms with Crippen LogP contribution in [0.3, 0.4) is 0 Å². The molecule has 152 valence electrons. The molecule has 0 atom stereocenters. The maximum absolute atomic E-state index is 13.0. The molecule has 1 N–H and O–H groups in total. The van der Waals surface area contributed by atoms with E-state index in [1.165, 1.54) is 4.90 Å². The number of carbonyl (C=O) groups excluding carboxylic acids is 2. The summed E-state index contributed by atoms with van der Waals surface area (Å²) >= 11 is 0. The molecule has 0 fully saturated rings. The van der Waals surface area contributed by atoms with E-state index in [-0.39, 0.29) is 24.8 Å². The van der Waals surface area contributed by atoms with Gasteiger partial charge in [-0.1, -0.05) is 60.7 Å². The first-order valence-electron chi connectivity index (χ1n) is 9.89. The molecule has 2 amide bonds. The maximum Gasteiger partial charge on any atom is 0.258 e. The topological polar surface area (TPSA) is 61.9 Å². The van der Waals surface area contributed by atoms with Crippen molar-refractivity contribution in [1.29, 1.82) is 0 Å². The van der Waals surface area contributed by atoms with Gasteiger partial charge in [-0.3, -0.25) is 24.9 Å². The van der Waals surface area contributed by atoms with Crippen LogP contribution in [0.25, 0.3) is 0 Å². The first-order chi connectivity index (χ1) is 14.7. The monoisotopic (exact) mass is 401 g/mol. The maximum atomic E-state index is 13.0. The number of rotatable bonds is 6. The smallest absolute Gasteiger partial charge is 0.258 e. The molecular weight excluding hydrogens is 378 g/mol. The third-order valence-corrected chi connectivity index (χ3v) is 4.84. The average Bonchev–Trinajstić information content (AvgIpc) is 2.93. The zero-order chi connectivity index (χ0) is 20.8. The van der Waals surface area contributed by atoms with Crippen LogP contribution in [0.4, 0.5) is 11.4 Å². The van der Waals surface area contributed by atoms with Gasteiger partial charge >= 0.3 is 0 Å². The number of ether oxygens (including phenoxy) is 1. The lowest BCUT2D eigenvalue weighted by Gasteiger charge is -2.28. The normalized spacial score (nSPS) is 13.1. The van der Waals surface area contributed by atoms with Crippen LogP contribution >= 0.6 is 0 Å². The number of nitrogens with zero attached hydrogens (tertiary/aromatic N) is 2. The third kappa shape index (κ3) is 4.60. The van der Waals surface area contributed by atoms with Gasteiger partial charge in [0.1, 0.15) is 12.3 Å². The van der Waals surface area contributed by atoms with E-state index in [4.69, 9.17) is 4.74 Å². The fourth-order valence-electron chi connectivity index (χ4n) is 3.39. The van der Waals surface area contributed by atoms with Crippen molar-refractivity contribution in [2.45, 2.75) is 13.0 Å². The number of carbonyl (C=O) groups is 2. The lowest BCUT2D eigenvalue weighted by Crippen LogP contribution is -2.48. The van der Waals surface area contributed by atoms with Crippen molar-refractivity contribution in [3.63, 3.8) is 0 Å². The van der Waals surface area contributed by atoms with E-state index < -0.39 is 0 Å². The highest BCUT2D eigenvalue weighted by Gasteiger charge is 2.25. The van der Waals surface area contributed by atoms with E-state index in [0.29, 0.717) is 24.6 Å². The van der Waals surface area contributed by atoms with Crippen molar-refractivity contribution in [2.75, 3.05) is 23.1 Å². The molecule has 3 aromatic rings. The predicted octanol–water partition coefficient (Wildman–Crippen LogP) is 3.54. The molecule has 0 saturated carbocycles. The van der Waals surface area contributed by atoms with E-state index in [2.05, 4.69) is 5.43 Å². The van der Waals surface area contributed by atoms with Crippen molar-refractivity contribution in [3.8, 4) is 5.75 Å². The summed E-state index contributed by atoms with van der Waals surface area (Å²) in [7, 11) is 0. The zero-order valence-electron chi connectivity index (χ0n) is 16.5. The molecule has 1 heterocycles. The molecule has 6 nitrogen and oxygen atoms in total. The number of hydrogen-bond acceptors (Lipinski definition) is 4. The fraction of sp³-hybridized carbons (Fsp3) is 0.167. The average molecular weight is 401 g/mol. The summed E-state index contributed by atoms with van der Waals surface area (Å²) in [5.41, 5.74) is 5.50. The minimum Gasteiger partial charge on any atom is -0.491 e. The summed E-state index contributed by atoms with van der Waals surface area (Å²) in [6.07, 6.45) is 0.231. The van der Waals surface area contributed by atoms with Crippen LogP contribution in [-0.4, -0.2) is 25.0 Å². The fourth-order valence-corrected chi connectivity index (χ4v) is 3.39. The van der Waals surface area contributed by atoms with Crippen molar-refractivity contribution in [2.24, 2.45) is 0 Å². The molecule has 6 heteroatoms. The van der Waals surface area contributed by atoms with E-state index in [9.17, 15) is 9.59 Å². The molecule has 0 spiro atoms. The minimum atomic E-state index is -0.278. The van der Waals surface area contributed by atoms with E-state index in [0.717, 1.165) is 11.3 Å². The molecule has 1 aliphatic rings. The molecular formula is C24H23N3O3. The number of hydrogen-bond donors (Lipinski definition) is 1. The van der Waals surface area contributed by atoms with Crippen molar-refractivity contribution in [3.05, 3.63) is 90.5 Å². The Labute approximate surface area is 175 Å². The van der Waals surface area contributed by atoms with Gasteiger partial charge in [0.2, 0.25) is 5.91 Å². The Bertz CT molecular complexity index is 1010. The second kappa shape index (κ2) is 9.13. The van der Waals surface area contributed by atoms with Gasteiger partial charge in [0.05, 0.1) is 30.9 Å². The van der Waals surface area contributed by atoms with E-state index in [1.54, 1.807) is 11.1 Å². The van der Waals surface area contributed by atoms with Gasteiger partial charge in [-0.15, -0.1) is 0 Å². The van der Waals surface area contributed by atoms with Gasteiger partial charge in [0.25, 0.3) is 5.91 Å². The van der Waals surface area contributed by atoms with Gasteiger partial charge in [-0.25, -0.2) is 0 Å². The molecule has 4 rings (SSSR count). The lowest BCUT2D eigenvalue weighted by atomic mass is 10.2. The molecule has 0 unspecified atom stereocenters. The van der Waals surface area contributed by atoms with Gasteiger partial charge in [-0.05, 0) is 29.8 Å². The van der Waals surface area contributed by atoms with Crippen molar-refractivity contribution in [1.82, 2.24) is 5.43 Å². The van der Waals surface area contributed by atoms with Gasteiger partial charge in [0.15, 0.2) is 0 Å². The van der Waals surface area contributed by atoms with Gasteiger partial charge < -0.3 is 4.74 Å². The molecule has 0 radical (unpaired) electrons. The number of anilines is 2. The highest BCUT2D eigenvalue weighted by molar-refractivity contribution is 6.00. The van der Waals surface area contributed by atoms with Crippen LogP contribution in [0.15, 0.2) is 84.9 Å². The number of fused-ring (bicyclic) bond motifs is 1.